The number of alkyl halides is 3. The van der Waals surface area contributed by atoms with E-state index in [1.807, 2.05) is 66.7 Å². The summed E-state index contributed by atoms with van der Waals surface area (Å²) in [6.45, 7) is 0. The van der Waals surface area contributed by atoms with Gasteiger partial charge in [-0.15, -0.1) is 0 Å². The van der Waals surface area contributed by atoms with Crippen LogP contribution in [0.3, 0.4) is 0 Å². The molecule has 2 heterocycles. The van der Waals surface area contributed by atoms with Crippen molar-refractivity contribution < 1.29 is 37.2 Å². The van der Waals surface area contributed by atoms with Gasteiger partial charge in [-0.3, -0.25) is 0 Å². The molecule has 0 saturated carbocycles. The molecule has 5 nitrogen and oxygen atoms in total. The Bertz CT molecular complexity index is 5360. The van der Waals surface area contributed by atoms with E-state index in [0.717, 1.165) is 47.5 Å². The second kappa shape index (κ2) is 22.0. The van der Waals surface area contributed by atoms with Crippen molar-refractivity contribution >= 4 is 155 Å². The first kappa shape index (κ1) is 54.2. The average Bonchev–Trinajstić information content (AvgIpc) is 1.18. The molecule has 0 fully saturated rings. The topological polar surface area (TPSA) is 83.8 Å². The molecule has 0 bridgehead atoms. The molecule has 0 radical (unpaired) electrons. The predicted molar refractivity (Wildman–Crippen MR) is 351 cm³/mol. The van der Waals surface area contributed by atoms with Crippen LogP contribution >= 0.6 is 0 Å². The molecule has 12 heteroatoms. The Kier molecular flexibility index (Phi) is 14.0. The van der Waals surface area contributed by atoms with Crippen molar-refractivity contribution in [2.24, 2.45) is 0 Å². The van der Waals surface area contributed by atoms with Crippen LogP contribution in [0.25, 0.3) is 137 Å². The maximum absolute atomic E-state index is 12.7. The number of hydrogen-bond acceptors (Lipinski definition) is 5. The quantitative estimate of drug-likeness (QED) is 0.0750. The predicted octanol–water partition coefficient (Wildman–Crippen LogP) is 17.7. The molecular weight excluding hydrogens is 1210 g/mol. The van der Waals surface area contributed by atoms with Gasteiger partial charge in [-0.05, 0) is 61.6 Å². The van der Waals surface area contributed by atoms with Gasteiger partial charge in [0.2, 0.25) is 0 Å². The van der Waals surface area contributed by atoms with Crippen LogP contribution in [0.2, 0.25) is 0 Å². The Morgan fingerprint density at radius 2 is 0.694 bits per heavy atom. The van der Waals surface area contributed by atoms with Gasteiger partial charge in [0.1, 0.15) is 5.75 Å². The molecule has 0 amide bonds. The van der Waals surface area contributed by atoms with Crippen LogP contribution in [0.4, 0.5) is 13.2 Å². The van der Waals surface area contributed by atoms with Crippen LogP contribution in [-0.2, 0) is 10.1 Å². The molecule has 0 saturated heterocycles. The summed E-state index contributed by atoms with van der Waals surface area (Å²) in [5.41, 5.74) is 1.61. The fraction of sp³-hybridized carbons (Fsp3) is 0.0137. The minimum atomic E-state index is -5.74. The standard InChI is InChI=1S/C36H22Se.C25H15F3O3S.C12H9BO2Se.H/c1-2-13-29-27(11-1)28-12-3-4-14-30(28)34-22-24(19-20-31(29)34)23-9-7-10-25(21-23)26-16-8-17-33-32-15-5-6-18-35(32)37-36(26)33;26-25(27,28)32(29,30)31-18-7-5-6-16(14-18)17-12-13-23-21-10-2-1-8-19(21)20-9-3-4-11-22(20)24(23)15-17;14-13(15)10-6-3-5-9-8-4-1-2-7-11(8)16-12(9)10;/h1-22H;1-15H;1-7,14-15H;/q;;;-1. The van der Waals surface area contributed by atoms with Gasteiger partial charge in [-0.25, -0.2) is 0 Å². The molecule has 2 N–H and O–H groups in total. The van der Waals surface area contributed by atoms with E-state index in [4.69, 9.17) is 0 Å². The van der Waals surface area contributed by atoms with E-state index in [-0.39, 0.29) is 15.9 Å². The first-order chi connectivity index (χ1) is 41.4. The van der Waals surface area contributed by atoms with E-state index in [1.54, 1.807) is 12.1 Å². The van der Waals surface area contributed by atoms with Crippen LogP contribution in [-0.4, -0.2) is 60.1 Å². The van der Waals surface area contributed by atoms with Gasteiger partial charge in [-0.1, -0.05) is 78.9 Å². The zero-order valence-electron chi connectivity index (χ0n) is 46.0. The van der Waals surface area contributed by atoms with Crippen molar-refractivity contribution in [2.75, 3.05) is 0 Å². The Hall–Kier alpha value is -8.80. The molecule has 0 atom stereocenters. The van der Waals surface area contributed by atoms with Crippen LogP contribution in [0, 0.1) is 0 Å². The van der Waals surface area contributed by atoms with Crippen molar-refractivity contribution in [1.29, 1.82) is 0 Å². The Labute approximate surface area is 500 Å². The van der Waals surface area contributed by atoms with Crippen molar-refractivity contribution in [3.63, 3.8) is 0 Å². The summed E-state index contributed by atoms with van der Waals surface area (Å²) in [6.07, 6.45) is 0. The number of hydrogen-bond donors (Lipinski definition) is 2. The van der Waals surface area contributed by atoms with Crippen molar-refractivity contribution in [3.8, 4) is 39.1 Å². The fourth-order valence-corrected chi connectivity index (χ4v) is 17.5. The number of rotatable bonds is 6. The van der Waals surface area contributed by atoms with Crippen LogP contribution < -0.4 is 9.65 Å². The van der Waals surface area contributed by atoms with E-state index < -0.39 is 28.5 Å². The third-order valence-corrected chi connectivity index (χ3v) is 21.9. The van der Waals surface area contributed by atoms with E-state index in [2.05, 4.69) is 174 Å². The fourth-order valence-electron chi connectivity index (χ4n) is 11.9. The van der Waals surface area contributed by atoms with E-state index >= 15 is 0 Å². The van der Waals surface area contributed by atoms with Crippen molar-refractivity contribution in [1.82, 2.24) is 0 Å². The molecule has 16 rings (SSSR count). The first-order valence-electron chi connectivity index (χ1n) is 27.4. The molecule has 0 aliphatic rings. The Balaban J connectivity index is 0.000000128. The van der Waals surface area contributed by atoms with Gasteiger partial charge in [0.15, 0.2) is 0 Å². The van der Waals surface area contributed by atoms with Gasteiger partial charge < -0.3 is 5.61 Å². The number of halogens is 3. The van der Waals surface area contributed by atoms with E-state index in [9.17, 15) is 31.6 Å². The zero-order chi connectivity index (χ0) is 58.0. The van der Waals surface area contributed by atoms with Gasteiger partial charge in [0.25, 0.3) is 0 Å². The molecule has 2 aromatic heterocycles. The van der Waals surface area contributed by atoms with Gasteiger partial charge in [-0.2, -0.15) is 21.6 Å². The molecule has 0 aliphatic carbocycles. The SMILES string of the molecule is O=S(=O)(Oc1cccc(-c2ccc3c4ccccc4c4ccccc4c3c2)c1)C(F)(F)F.OB(O)c1cccc2c1[se]c1ccccc12.[H-].c1cc(-c2ccc3c4ccccc4c4ccccc4c3c2)cc(-c2cccc3c2[se]c2ccccc23)c1. The van der Waals surface area contributed by atoms with Crippen LogP contribution in [0.1, 0.15) is 1.43 Å². The van der Waals surface area contributed by atoms with E-state index in [1.165, 1.54) is 102 Å². The normalized spacial score (nSPS) is 11.9. The summed E-state index contributed by atoms with van der Waals surface area (Å²) in [6, 6.07) is 90.9. The van der Waals surface area contributed by atoms with Crippen molar-refractivity contribution in [3.05, 3.63) is 267 Å². The molecule has 0 unspecified atom stereocenters. The van der Waals surface area contributed by atoms with E-state index in [0.29, 0.717) is 25.5 Å². The van der Waals surface area contributed by atoms with Gasteiger partial charge in [0, 0.05) is 0 Å². The third-order valence-electron chi connectivity index (χ3n) is 15.8. The maximum atomic E-state index is 12.7. The average molecular weight is 1260 g/mol. The molecule has 14 aromatic carbocycles. The number of benzene rings is 14. The van der Waals surface area contributed by atoms with Gasteiger partial charge in [0.05, 0.1) is 0 Å². The summed E-state index contributed by atoms with van der Waals surface area (Å²) in [5, 5.41) is 38.2. The summed E-state index contributed by atoms with van der Waals surface area (Å²) in [4.78, 5) is 0. The molecule has 16 aromatic rings. The monoisotopic (exact) mass is 1260 g/mol. The Morgan fingerprint density at radius 3 is 1.18 bits per heavy atom. The van der Waals surface area contributed by atoms with Gasteiger partial charge >= 0.3 is 330 Å². The molecule has 0 aliphatic heterocycles. The third kappa shape index (κ3) is 9.95. The van der Waals surface area contributed by atoms with Crippen LogP contribution in [0.15, 0.2) is 267 Å². The second-order valence-corrected chi connectivity index (χ2v) is 26.7. The summed E-state index contributed by atoms with van der Waals surface area (Å²) >= 11 is 0.522. The first-order valence-corrected chi connectivity index (χ1v) is 32.3. The minimum absolute atomic E-state index is 0. The summed E-state index contributed by atoms with van der Waals surface area (Å²) in [7, 11) is -7.11. The Morgan fingerprint density at radius 1 is 0.341 bits per heavy atom. The molecule has 0 spiro atoms. The molecule has 85 heavy (non-hydrogen) atoms. The number of fused-ring (bicyclic) bond motifs is 18. The summed E-state index contributed by atoms with van der Waals surface area (Å²) in [5.74, 6) is -0.400. The summed E-state index contributed by atoms with van der Waals surface area (Å²) < 4.78 is 70.5. The van der Waals surface area contributed by atoms with Crippen molar-refractivity contribution in [2.45, 2.75) is 5.51 Å². The second-order valence-electron chi connectivity index (χ2n) is 20.8. The molecule has 412 valence electrons. The molecular formula is C73H47BF3O5SSe2-. The zero-order valence-corrected chi connectivity index (χ0v) is 49.2. The van der Waals surface area contributed by atoms with Crippen LogP contribution in [0.5, 0.6) is 5.75 Å².